The molecule has 0 aromatic heterocycles. The van der Waals surface area contributed by atoms with E-state index in [1.807, 2.05) is 6.07 Å². The van der Waals surface area contributed by atoms with Crippen LogP contribution in [0, 0.1) is 0 Å². The van der Waals surface area contributed by atoms with E-state index in [2.05, 4.69) is 10.2 Å². The van der Waals surface area contributed by atoms with Gasteiger partial charge in [-0.3, -0.25) is 4.55 Å². The smallest absolute Gasteiger partial charge is 0.295 e. The van der Waals surface area contributed by atoms with Gasteiger partial charge in [0.05, 0.1) is 11.4 Å². The Morgan fingerprint density at radius 3 is 2.29 bits per heavy atom. The zero-order valence-corrected chi connectivity index (χ0v) is 13.1. The summed E-state index contributed by atoms with van der Waals surface area (Å²) in [6, 6.07) is 14.2. The third-order valence-electron chi connectivity index (χ3n) is 3.44. The predicted octanol–water partition coefficient (Wildman–Crippen LogP) is 3.79. The van der Waals surface area contributed by atoms with Gasteiger partial charge in [0, 0.05) is 10.8 Å². The number of nitrogens with zero attached hydrogens (tertiary/aromatic N) is 2. The zero-order chi connectivity index (χ0) is 17.3. The summed E-state index contributed by atoms with van der Waals surface area (Å²) < 4.78 is 32.5. The summed E-state index contributed by atoms with van der Waals surface area (Å²) in [5.41, 5.74) is 6.83. The SMILES string of the molecule is Nc1c(N=Nc2ccccc2)ccc2c(O)ccc(S(=O)(=O)O)c12. The highest BCUT2D eigenvalue weighted by Crippen LogP contribution is 2.39. The van der Waals surface area contributed by atoms with E-state index in [1.165, 1.54) is 18.2 Å². The molecule has 0 radical (unpaired) electrons. The maximum absolute atomic E-state index is 11.6. The lowest BCUT2D eigenvalue weighted by atomic mass is 10.1. The minimum absolute atomic E-state index is 0.00186. The van der Waals surface area contributed by atoms with Crippen LogP contribution in [0.5, 0.6) is 5.75 Å². The highest BCUT2D eigenvalue weighted by Gasteiger charge is 2.19. The molecule has 0 aliphatic rings. The molecule has 3 rings (SSSR count). The fraction of sp³-hybridized carbons (Fsp3) is 0. The van der Waals surface area contributed by atoms with Gasteiger partial charge in [0.2, 0.25) is 0 Å². The third-order valence-corrected chi connectivity index (χ3v) is 4.34. The molecule has 3 aromatic carbocycles. The summed E-state index contributed by atoms with van der Waals surface area (Å²) in [6.45, 7) is 0. The number of azo groups is 1. The van der Waals surface area contributed by atoms with E-state index >= 15 is 0 Å². The first-order chi connectivity index (χ1) is 11.4. The average Bonchev–Trinajstić information content (AvgIpc) is 2.55. The van der Waals surface area contributed by atoms with Crippen molar-refractivity contribution in [3.8, 4) is 5.75 Å². The normalized spacial score (nSPS) is 12.0. The van der Waals surface area contributed by atoms with Crippen LogP contribution in [0.3, 0.4) is 0 Å². The molecule has 24 heavy (non-hydrogen) atoms. The number of nitrogen functional groups attached to an aromatic ring is 1. The van der Waals surface area contributed by atoms with Crippen LogP contribution in [0.4, 0.5) is 17.1 Å². The molecule has 0 spiro atoms. The van der Waals surface area contributed by atoms with Gasteiger partial charge in [-0.05, 0) is 36.4 Å². The van der Waals surface area contributed by atoms with Gasteiger partial charge in [-0.25, -0.2) is 0 Å². The topological polar surface area (TPSA) is 125 Å². The zero-order valence-electron chi connectivity index (χ0n) is 12.3. The number of phenols is 1. The van der Waals surface area contributed by atoms with Crippen molar-refractivity contribution in [1.29, 1.82) is 0 Å². The summed E-state index contributed by atoms with van der Waals surface area (Å²) >= 11 is 0. The van der Waals surface area contributed by atoms with Crippen molar-refractivity contribution >= 4 is 38.0 Å². The molecule has 0 atom stereocenters. The first-order valence-electron chi connectivity index (χ1n) is 6.86. The van der Waals surface area contributed by atoms with Crippen molar-refractivity contribution in [3.05, 3.63) is 54.6 Å². The molecule has 7 nitrogen and oxygen atoms in total. The quantitative estimate of drug-likeness (QED) is 0.379. The Hall–Kier alpha value is -2.97. The standard InChI is InChI=1S/C16H13N3O4S/c17-16-12(19-18-10-4-2-1-3-5-10)7-6-11-13(20)8-9-14(15(11)16)24(21,22)23/h1-9,20H,17H2,(H,21,22,23). The Labute approximate surface area is 137 Å². The van der Waals surface area contributed by atoms with Crippen LogP contribution in [0.25, 0.3) is 10.8 Å². The summed E-state index contributed by atoms with van der Waals surface area (Å²) in [6.07, 6.45) is 0. The molecular formula is C16H13N3O4S. The van der Waals surface area contributed by atoms with Gasteiger partial charge < -0.3 is 10.8 Å². The number of anilines is 1. The maximum Gasteiger partial charge on any atom is 0.295 e. The molecule has 4 N–H and O–H groups in total. The van der Waals surface area contributed by atoms with Crippen LogP contribution in [0.15, 0.2) is 69.7 Å². The van der Waals surface area contributed by atoms with E-state index < -0.39 is 15.0 Å². The Bertz CT molecular complexity index is 1050. The minimum Gasteiger partial charge on any atom is -0.507 e. The van der Waals surface area contributed by atoms with Gasteiger partial charge in [0.25, 0.3) is 10.1 Å². The van der Waals surface area contributed by atoms with Crippen molar-refractivity contribution < 1.29 is 18.1 Å². The van der Waals surface area contributed by atoms with Crippen LogP contribution in [0.2, 0.25) is 0 Å². The van der Waals surface area contributed by atoms with Crippen LogP contribution in [0.1, 0.15) is 0 Å². The molecule has 122 valence electrons. The lowest BCUT2D eigenvalue weighted by molar-refractivity contribution is 0.479. The van der Waals surface area contributed by atoms with Crippen molar-refractivity contribution in [1.82, 2.24) is 0 Å². The number of hydrogen-bond donors (Lipinski definition) is 3. The number of rotatable bonds is 3. The highest BCUT2D eigenvalue weighted by atomic mass is 32.2. The number of fused-ring (bicyclic) bond motifs is 1. The monoisotopic (exact) mass is 343 g/mol. The molecule has 0 aliphatic heterocycles. The van der Waals surface area contributed by atoms with Gasteiger partial charge in [0.1, 0.15) is 16.3 Å². The number of benzene rings is 3. The molecular weight excluding hydrogens is 330 g/mol. The van der Waals surface area contributed by atoms with Crippen molar-refractivity contribution in [2.24, 2.45) is 10.2 Å². The maximum atomic E-state index is 11.6. The Kier molecular flexibility index (Phi) is 3.92. The van der Waals surface area contributed by atoms with Gasteiger partial charge >= 0.3 is 0 Å². The summed E-state index contributed by atoms with van der Waals surface area (Å²) in [5.74, 6) is -0.157. The van der Waals surface area contributed by atoms with Gasteiger partial charge in [-0.15, -0.1) is 5.11 Å². The molecule has 0 saturated heterocycles. The van der Waals surface area contributed by atoms with Crippen LogP contribution in [-0.2, 0) is 10.1 Å². The number of hydrogen-bond acceptors (Lipinski definition) is 6. The lowest BCUT2D eigenvalue weighted by Gasteiger charge is -2.10. The molecule has 0 heterocycles. The molecule has 0 fully saturated rings. The molecule has 0 aliphatic carbocycles. The van der Waals surface area contributed by atoms with Crippen molar-refractivity contribution in [2.45, 2.75) is 4.90 Å². The third kappa shape index (κ3) is 2.92. The Morgan fingerprint density at radius 1 is 0.917 bits per heavy atom. The second-order valence-corrected chi connectivity index (χ2v) is 6.40. The summed E-state index contributed by atoms with van der Waals surface area (Å²) in [7, 11) is -4.52. The first kappa shape index (κ1) is 15.9. The van der Waals surface area contributed by atoms with Crippen molar-refractivity contribution in [3.63, 3.8) is 0 Å². The van der Waals surface area contributed by atoms with E-state index in [-0.39, 0.29) is 27.9 Å². The number of aromatic hydroxyl groups is 1. The molecule has 0 unspecified atom stereocenters. The first-order valence-corrected chi connectivity index (χ1v) is 8.30. The summed E-state index contributed by atoms with van der Waals surface area (Å²) in [4.78, 5) is -0.399. The molecule has 0 saturated carbocycles. The van der Waals surface area contributed by atoms with Crippen LogP contribution >= 0.6 is 0 Å². The lowest BCUT2D eigenvalue weighted by Crippen LogP contribution is -2.01. The molecule has 3 aromatic rings. The summed E-state index contributed by atoms with van der Waals surface area (Å²) in [5, 5.41) is 18.1. The largest absolute Gasteiger partial charge is 0.507 e. The number of phenolic OH excluding ortho intramolecular Hbond substituents is 1. The fourth-order valence-electron chi connectivity index (χ4n) is 2.32. The fourth-order valence-corrected chi connectivity index (χ4v) is 3.04. The Balaban J connectivity index is 2.22. The van der Waals surface area contributed by atoms with Crippen LogP contribution in [-0.4, -0.2) is 18.1 Å². The van der Waals surface area contributed by atoms with E-state index in [1.54, 1.807) is 24.3 Å². The van der Waals surface area contributed by atoms with E-state index in [0.717, 1.165) is 6.07 Å². The van der Waals surface area contributed by atoms with E-state index in [0.29, 0.717) is 5.69 Å². The van der Waals surface area contributed by atoms with Gasteiger partial charge in [-0.1, -0.05) is 18.2 Å². The van der Waals surface area contributed by atoms with E-state index in [9.17, 15) is 18.1 Å². The van der Waals surface area contributed by atoms with E-state index in [4.69, 9.17) is 5.73 Å². The second-order valence-electron chi connectivity index (χ2n) is 5.01. The molecule has 8 heteroatoms. The average molecular weight is 343 g/mol. The van der Waals surface area contributed by atoms with Crippen LogP contribution < -0.4 is 5.73 Å². The highest BCUT2D eigenvalue weighted by molar-refractivity contribution is 7.86. The molecule has 0 amide bonds. The molecule has 0 bridgehead atoms. The van der Waals surface area contributed by atoms with Gasteiger partial charge in [0.15, 0.2) is 0 Å². The second kappa shape index (κ2) is 5.91. The minimum atomic E-state index is -4.52. The van der Waals surface area contributed by atoms with Crippen molar-refractivity contribution in [2.75, 3.05) is 5.73 Å². The number of nitrogens with two attached hydrogens (primary N) is 1. The van der Waals surface area contributed by atoms with Gasteiger partial charge in [-0.2, -0.15) is 13.5 Å². The Morgan fingerprint density at radius 2 is 1.62 bits per heavy atom. The predicted molar refractivity (Wildman–Crippen MR) is 90.5 cm³/mol.